The third-order valence-corrected chi connectivity index (χ3v) is 5.49. The smallest absolute Gasteiger partial charge is 0.294 e. The fraction of sp³-hybridized carbons (Fsp3) is 0.227. The molecule has 0 radical (unpaired) electrons. The highest BCUT2D eigenvalue weighted by atomic mass is 32.2. The standard InChI is InChI=1S/C22H22N2O7S/c1-28-14-7-5-13(6-8-14)23-20(25)12-24-21(26)19(32-22(24)27)11-16-17(30-3)9-15(29-2)10-18(16)31-4/h5-11H,12H2,1-4H3,(H,23,25)/b19-11+. The van der Waals surface area contributed by atoms with Gasteiger partial charge in [0.2, 0.25) is 5.91 Å². The van der Waals surface area contributed by atoms with Crippen molar-refractivity contribution in [2.24, 2.45) is 0 Å². The minimum atomic E-state index is -0.579. The number of methoxy groups -OCH3 is 4. The van der Waals surface area contributed by atoms with Crippen LogP contribution in [0.2, 0.25) is 0 Å². The zero-order valence-corrected chi connectivity index (χ0v) is 18.8. The van der Waals surface area contributed by atoms with Crippen molar-refractivity contribution in [1.29, 1.82) is 0 Å². The Morgan fingerprint density at radius 1 is 0.938 bits per heavy atom. The highest BCUT2D eigenvalue weighted by Gasteiger charge is 2.36. The van der Waals surface area contributed by atoms with Crippen LogP contribution in [0.1, 0.15) is 5.56 Å². The molecular formula is C22H22N2O7S. The first-order valence-electron chi connectivity index (χ1n) is 9.39. The molecular weight excluding hydrogens is 436 g/mol. The van der Waals surface area contributed by atoms with Crippen LogP contribution in [-0.2, 0) is 9.59 Å². The second-order valence-electron chi connectivity index (χ2n) is 6.49. The summed E-state index contributed by atoms with van der Waals surface area (Å²) in [4.78, 5) is 38.7. The van der Waals surface area contributed by atoms with E-state index in [0.29, 0.717) is 34.2 Å². The van der Waals surface area contributed by atoms with Gasteiger partial charge in [0, 0.05) is 17.8 Å². The predicted molar refractivity (Wildman–Crippen MR) is 120 cm³/mol. The maximum atomic E-state index is 12.8. The van der Waals surface area contributed by atoms with E-state index in [9.17, 15) is 14.4 Å². The molecule has 2 aromatic carbocycles. The molecule has 0 spiro atoms. The Bertz CT molecular complexity index is 1040. The van der Waals surface area contributed by atoms with Gasteiger partial charge < -0.3 is 24.3 Å². The van der Waals surface area contributed by atoms with Crippen molar-refractivity contribution in [2.45, 2.75) is 0 Å². The van der Waals surface area contributed by atoms with Crippen molar-refractivity contribution in [3.05, 3.63) is 46.9 Å². The van der Waals surface area contributed by atoms with Gasteiger partial charge in [-0.05, 0) is 42.1 Å². The number of hydrogen-bond donors (Lipinski definition) is 1. The molecule has 0 aromatic heterocycles. The van der Waals surface area contributed by atoms with Crippen molar-refractivity contribution in [1.82, 2.24) is 4.90 Å². The van der Waals surface area contributed by atoms with E-state index in [1.807, 2.05) is 0 Å². The van der Waals surface area contributed by atoms with Crippen LogP contribution in [0, 0.1) is 0 Å². The largest absolute Gasteiger partial charge is 0.497 e. The van der Waals surface area contributed by atoms with Gasteiger partial charge in [-0.2, -0.15) is 0 Å². The molecule has 9 nitrogen and oxygen atoms in total. The van der Waals surface area contributed by atoms with E-state index in [2.05, 4.69) is 5.32 Å². The van der Waals surface area contributed by atoms with Crippen molar-refractivity contribution in [3.63, 3.8) is 0 Å². The summed E-state index contributed by atoms with van der Waals surface area (Å²) in [6, 6.07) is 9.98. The summed E-state index contributed by atoms with van der Waals surface area (Å²) in [5, 5.41) is 2.11. The van der Waals surface area contributed by atoms with Crippen molar-refractivity contribution in [3.8, 4) is 23.0 Å². The molecule has 1 fully saturated rings. The number of amides is 3. The number of imide groups is 1. The first-order valence-corrected chi connectivity index (χ1v) is 10.2. The minimum Gasteiger partial charge on any atom is -0.497 e. The van der Waals surface area contributed by atoms with Crippen molar-refractivity contribution >= 4 is 40.6 Å². The first-order chi connectivity index (χ1) is 15.4. The number of nitrogens with zero attached hydrogens (tertiary/aromatic N) is 1. The zero-order chi connectivity index (χ0) is 23.3. The third kappa shape index (κ3) is 4.97. The van der Waals surface area contributed by atoms with Crippen molar-refractivity contribution < 1.29 is 33.3 Å². The summed E-state index contributed by atoms with van der Waals surface area (Å²) in [7, 11) is 6.00. The van der Waals surface area contributed by atoms with E-state index in [-0.39, 0.29) is 4.91 Å². The van der Waals surface area contributed by atoms with Crippen LogP contribution in [0.15, 0.2) is 41.3 Å². The normalized spacial score (nSPS) is 14.5. The third-order valence-electron chi connectivity index (χ3n) is 4.58. The van der Waals surface area contributed by atoms with Gasteiger partial charge in [-0.15, -0.1) is 0 Å². The summed E-state index contributed by atoms with van der Waals surface area (Å²) in [6.07, 6.45) is 1.50. The van der Waals surface area contributed by atoms with Gasteiger partial charge in [-0.25, -0.2) is 0 Å². The summed E-state index contributed by atoms with van der Waals surface area (Å²) in [5.41, 5.74) is 0.995. The Labute approximate surface area is 189 Å². The summed E-state index contributed by atoms with van der Waals surface area (Å²) in [5.74, 6) is 0.890. The average Bonchev–Trinajstić information content (AvgIpc) is 3.06. The molecule has 1 aliphatic rings. The lowest BCUT2D eigenvalue weighted by Gasteiger charge is -2.14. The number of anilines is 1. The second kappa shape index (κ2) is 10.1. The molecule has 0 atom stereocenters. The number of ether oxygens (including phenoxy) is 4. The number of nitrogens with one attached hydrogen (secondary N) is 1. The van der Waals surface area contributed by atoms with Gasteiger partial charge in [0.1, 0.15) is 29.5 Å². The van der Waals surface area contributed by atoms with Gasteiger partial charge >= 0.3 is 0 Å². The Balaban J connectivity index is 1.78. The number of thioether (sulfide) groups is 1. The number of benzene rings is 2. The lowest BCUT2D eigenvalue weighted by atomic mass is 10.1. The maximum Gasteiger partial charge on any atom is 0.294 e. The maximum absolute atomic E-state index is 12.8. The van der Waals surface area contributed by atoms with Crippen molar-refractivity contribution in [2.75, 3.05) is 40.3 Å². The Kier molecular flexibility index (Phi) is 7.26. The molecule has 0 saturated carbocycles. The van der Waals surface area contributed by atoms with Gasteiger partial charge in [-0.3, -0.25) is 19.3 Å². The second-order valence-corrected chi connectivity index (χ2v) is 7.48. The van der Waals surface area contributed by atoms with Crippen LogP contribution in [-0.4, -0.2) is 56.9 Å². The molecule has 0 bridgehead atoms. The van der Waals surface area contributed by atoms with Gasteiger partial charge in [-0.1, -0.05) is 0 Å². The van der Waals surface area contributed by atoms with Crippen LogP contribution >= 0.6 is 11.8 Å². The molecule has 0 unspecified atom stereocenters. The van der Waals surface area contributed by atoms with E-state index in [1.165, 1.54) is 34.5 Å². The lowest BCUT2D eigenvalue weighted by molar-refractivity contribution is -0.127. The fourth-order valence-electron chi connectivity index (χ4n) is 2.96. The average molecular weight is 458 g/mol. The SMILES string of the molecule is COc1ccc(NC(=O)CN2C(=O)S/C(=C/c3c(OC)cc(OC)cc3OC)C2=O)cc1. The summed E-state index contributed by atoms with van der Waals surface area (Å²) in [6.45, 7) is -0.412. The molecule has 1 aliphatic heterocycles. The van der Waals surface area contributed by atoms with Gasteiger partial charge in [0.25, 0.3) is 11.1 Å². The fourth-order valence-corrected chi connectivity index (χ4v) is 3.78. The lowest BCUT2D eigenvalue weighted by Crippen LogP contribution is -2.36. The minimum absolute atomic E-state index is 0.147. The topological polar surface area (TPSA) is 103 Å². The molecule has 3 rings (SSSR count). The van der Waals surface area contributed by atoms with E-state index in [0.717, 1.165) is 16.7 Å². The Hall–Kier alpha value is -3.66. The van der Waals surface area contributed by atoms with Crippen LogP contribution in [0.3, 0.4) is 0 Å². The van der Waals surface area contributed by atoms with E-state index >= 15 is 0 Å². The van der Waals surface area contributed by atoms with Gasteiger partial charge in [0.15, 0.2) is 0 Å². The number of carbonyl (C=O) groups excluding carboxylic acids is 3. The van der Waals surface area contributed by atoms with Crippen LogP contribution in [0.25, 0.3) is 6.08 Å². The Morgan fingerprint density at radius 2 is 1.53 bits per heavy atom. The summed E-state index contributed by atoms with van der Waals surface area (Å²) >= 11 is 0.738. The molecule has 2 aromatic rings. The molecule has 1 heterocycles. The van der Waals surface area contributed by atoms with E-state index < -0.39 is 23.6 Å². The first kappa shape index (κ1) is 23.0. The molecule has 168 valence electrons. The van der Waals surface area contributed by atoms with E-state index in [1.54, 1.807) is 36.4 Å². The number of hydrogen-bond acceptors (Lipinski definition) is 8. The Morgan fingerprint density at radius 3 is 2.06 bits per heavy atom. The molecule has 3 amide bonds. The molecule has 1 N–H and O–H groups in total. The quantitative estimate of drug-likeness (QED) is 0.601. The van der Waals surface area contributed by atoms with E-state index in [4.69, 9.17) is 18.9 Å². The van der Waals surface area contributed by atoms with Gasteiger partial charge in [0.05, 0.1) is 38.9 Å². The monoisotopic (exact) mass is 458 g/mol. The molecule has 10 heteroatoms. The molecule has 32 heavy (non-hydrogen) atoms. The predicted octanol–water partition coefficient (Wildman–Crippen LogP) is 3.40. The highest BCUT2D eigenvalue weighted by Crippen LogP contribution is 2.39. The number of carbonyl (C=O) groups is 3. The number of rotatable bonds is 8. The summed E-state index contributed by atoms with van der Waals surface area (Å²) < 4.78 is 21.1. The molecule has 1 saturated heterocycles. The van der Waals surface area contributed by atoms with Crippen LogP contribution in [0.5, 0.6) is 23.0 Å². The zero-order valence-electron chi connectivity index (χ0n) is 18.0. The highest BCUT2D eigenvalue weighted by molar-refractivity contribution is 8.18. The van der Waals surface area contributed by atoms with Crippen LogP contribution in [0.4, 0.5) is 10.5 Å². The molecule has 0 aliphatic carbocycles. The van der Waals surface area contributed by atoms with Crippen LogP contribution < -0.4 is 24.3 Å².